The molecule has 0 fully saturated rings. The molecule has 0 saturated heterocycles. The molecule has 0 aliphatic heterocycles. The summed E-state index contributed by atoms with van der Waals surface area (Å²) in [6.07, 6.45) is 0. The van der Waals surface area contributed by atoms with Crippen LogP contribution in [-0.2, 0) is 46.7 Å². The number of carbonyl (C=O) groups is 3. The zero-order valence-electron chi connectivity index (χ0n) is 14.8. The first-order chi connectivity index (χ1) is 12.1. The topological polar surface area (TPSA) is 124 Å². The lowest BCUT2D eigenvalue weighted by Gasteiger charge is -2.20. The van der Waals surface area contributed by atoms with Crippen LogP contribution in [0.15, 0.2) is 37.0 Å². The maximum atomic E-state index is 12.7. The number of carbonyl (C=O) groups excluding carboxylic acids is 3. The molecule has 10 nitrogen and oxygen atoms in total. The second-order valence-corrected chi connectivity index (χ2v) is 5.59. The summed E-state index contributed by atoms with van der Waals surface area (Å²) in [6.45, 7) is 14.1. The highest BCUT2D eigenvalue weighted by Crippen LogP contribution is 2.54. The van der Waals surface area contributed by atoms with E-state index < -0.39 is 43.0 Å². The first-order valence-corrected chi connectivity index (χ1v) is 8.83. The van der Waals surface area contributed by atoms with Crippen molar-refractivity contribution < 1.29 is 46.7 Å². The van der Waals surface area contributed by atoms with E-state index in [1.807, 2.05) is 0 Å². The van der Waals surface area contributed by atoms with Gasteiger partial charge in [-0.2, -0.15) is 4.57 Å². The molecule has 0 heterocycles. The van der Waals surface area contributed by atoms with Crippen LogP contribution in [0.3, 0.4) is 0 Å². The molecule has 26 heavy (non-hydrogen) atoms. The van der Waals surface area contributed by atoms with Crippen LogP contribution < -0.4 is 0 Å². The van der Waals surface area contributed by atoms with Gasteiger partial charge in [0.05, 0.1) is 19.8 Å². The fourth-order valence-electron chi connectivity index (χ4n) is 1.21. The maximum absolute atomic E-state index is 12.7. The Kier molecular flexibility index (Phi) is 9.83. The SMILES string of the molecule is C=C(OP(=O)(OC(=C)C(=O)OCC)OC(=C)C(=O)OCC)C(=O)OCC. The van der Waals surface area contributed by atoms with Crippen molar-refractivity contribution in [3.63, 3.8) is 0 Å². The Bertz CT molecular complexity index is 551. The second kappa shape index (κ2) is 11.0. The summed E-state index contributed by atoms with van der Waals surface area (Å²) in [5, 5.41) is 0. The lowest BCUT2D eigenvalue weighted by molar-refractivity contribution is -0.141. The van der Waals surface area contributed by atoms with Crippen LogP contribution in [0.4, 0.5) is 0 Å². The van der Waals surface area contributed by atoms with E-state index in [1.54, 1.807) is 0 Å². The molecule has 146 valence electrons. The minimum atomic E-state index is -4.82. The third-order valence-corrected chi connectivity index (χ3v) is 3.51. The zero-order valence-corrected chi connectivity index (χ0v) is 15.7. The average Bonchev–Trinajstić information content (AvgIpc) is 2.54. The Hall–Kier alpha value is -2.74. The van der Waals surface area contributed by atoms with E-state index in [-0.39, 0.29) is 19.8 Å². The van der Waals surface area contributed by atoms with Crippen molar-refractivity contribution in [3.8, 4) is 0 Å². The number of phosphoric acid groups is 1. The van der Waals surface area contributed by atoms with Gasteiger partial charge in [-0.25, -0.2) is 14.4 Å². The molecule has 0 aromatic rings. The summed E-state index contributed by atoms with van der Waals surface area (Å²) in [6, 6.07) is 0. The van der Waals surface area contributed by atoms with Gasteiger partial charge in [0.25, 0.3) is 0 Å². The first-order valence-electron chi connectivity index (χ1n) is 7.37. The van der Waals surface area contributed by atoms with E-state index in [4.69, 9.17) is 13.6 Å². The summed E-state index contributed by atoms with van der Waals surface area (Å²) in [7, 11) is -4.82. The number of rotatable bonds is 12. The Morgan fingerprint density at radius 3 is 1.08 bits per heavy atom. The number of phosphoric ester groups is 1. The summed E-state index contributed by atoms with van der Waals surface area (Å²) in [4.78, 5) is 34.7. The van der Waals surface area contributed by atoms with E-state index in [0.717, 1.165) is 0 Å². The van der Waals surface area contributed by atoms with Crippen molar-refractivity contribution in [1.29, 1.82) is 0 Å². The Morgan fingerprint density at radius 1 is 0.654 bits per heavy atom. The quantitative estimate of drug-likeness (QED) is 0.161. The zero-order chi connectivity index (χ0) is 20.3. The van der Waals surface area contributed by atoms with E-state index in [0.29, 0.717) is 0 Å². The van der Waals surface area contributed by atoms with Crippen LogP contribution in [0.5, 0.6) is 0 Å². The Morgan fingerprint density at radius 2 is 0.885 bits per heavy atom. The monoisotopic (exact) mass is 392 g/mol. The fraction of sp³-hybridized carbons (Fsp3) is 0.400. The molecular weight excluding hydrogens is 371 g/mol. The van der Waals surface area contributed by atoms with Gasteiger partial charge < -0.3 is 27.8 Å². The molecule has 0 atom stereocenters. The molecular formula is C15H21O10P. The van der Waals surface area contributed by atoms with Gasteiger partial charge in [-0.15, -0.1) is 0 Å². The van der Waals surface area contributed by atoms with E-state index >= 15 is 0 Å². The minimum Gasteiger partial charge on any atom is -0.460 e. The summed E-state index contributed by atoms with van der Waals surface area (Å²) in [5.41, 5.74) is 0. The first kappa shape index (κ1) is 23.3. The summed E-state index contributed by atoms with van der Waals surface area (Å²) >= 11 is 0. The molecule has 0 aromatic carbocycles. The van der Waals surface area contributed by atoms with Crippen molar-refractivity contribution in [2.75, 3.05) is 19.8 Å². The van der Waals surface area contributed by atoms with Crippen LogP contribution in [0.1, 0.15) is 20.8 Å². The molecule has 0 rings (SSSR count). The highest BCUT2D eigenvalue weighted by molar-refractivity contribution is 7.49. The maximum Gasteiger partial charge on any atom is 0.647 e. The summed E-state index contributed by atoms with van der Waals surface area (Å²) in [5.74, 6) is -5.48. The van der Waals surface area contributed by atoms with E-state index in [2.05, 4.69) is 33.9 Å². The summed E-state index contributed by atoms with van der Waals surface area (Å²) < 4.78 is 40.8. The lowest BCUT2D eigenvalue weighted by atomic mass is 10.6. The fourth-order valence-corrected chi connectivity index (χ4v) is 2.35. The molecule has 0 bridgehead atoms. The Labute approximate surface area is 150 Å². The molecule has 0 amide bonds. The molecule has 0 aliphatic carbocycles. The van der Waals surface area contributed by atoms with Gasteiger partial charge >= 0.3 is 25.7 Å². The molecule has 0 aromatic heterocycles. The highest BCUT2D eigenvalue weighted by Gasteiger charge is 2.39. The van der Waals surface area contributed by atoms with Crippen molar-refractivity contribution in [2.45, 2.75) is 20.8 Å². The minimum absolute atomic E-state index is 0.0156. The van der Waals surface area contributed by atoms with Crippen molar-refractivity contribution in [3.05, 3.63) is 37.0 Å². The molecule has 0 radical (unpaired) electrons. The van der Waals surface area contributed by atoms with Crippen LogP contribution in [0, 0.1) is 0 Å². The van der Waals surface area contributed by atoms with Crippen molar-refractivity contribution in [2.24, 2.45) is 0 Å². The number of hydrogen-bond donors (Lipinski definition) is 0. The standard InChI is InChI=1S/C15H21O10P/c1-7-20-13(16)10(4)23-26(19,24-11(5)14(17)21-8-2)25-12(6)15(18)22-9-3/h4-9H2,1-3H3. The van der Waals surface area contributed by atoms with Crippen LogP contribution in [0.25, 0.3) is 0 Å². The van der Waals surface area contributed by atoms with Crippen LogP contribution >= 0.6 is 7.82 Å². The molecule has 0 spiro atoms. The van der Waals surface area contributed by atoms with Gasteiger partial charge in [0.1, 0.15) is 0 Å². The second-order valence-electron chi connectivity index (χ2n) is 4.15. The average molecular weight is 392 g/mol. The van der Waals surface area contributed by atoms with Crippen molar-refractivity contribution in [1.82, 2.24) is 0 Å². The molecule has 11 heteroatoms. The van der Waals surface area contributed by atoms with Gasteiger partial charge in [0.15, 0.2) is 0 Å². The van der Waals surface area contributed by atoms with Gasteiger partial charge in [-0.1, -0.05) is 0 Å². The largest absolute Gasteiger partial charge is 0.647 e. The van der Waals surface area contributed by atoms with Gasteiger partial charge in [0, 0.05) is 0 Å². The molecule has 0 unspecified atom stereocenters. The van der Waals surface area contributed by atoms with Crippen LogP contribution in [0.2, 0.25) is 0 Å². The van der Waals surface area contributed by atoms with E-state index in [9.17, 15) is 18.9 Å². The van der Waals surface area contributed by atoms with Gasteiger partial charge in [-0.3, -0.25) is 0 Å². The van der Waals surface area contributed by atoms with E-state index in [1.165, 1.54) is 20.8 Å². The van der Waals surface area contributed by atoms with Crippen molar-refractivity contribution >= 4 is 25.7 Å². The highest BCUT2D eigenvalue weighted by atomic mass is 31.2. The molecule has 0 saturated carbocycles. The number of hydrogen-bond acceptors (Lipinski definition) is 10. The predicted octanol–water partition coefficient (Wildman–Crippen LogP) is 2.37. The molecule has 0 aliphatic rings. The third-order valence-electron chi connectivity index (χ3n) is 2.18. The molecule has 0 N–H and O–H groups in total. The number of ether oxygens (including phenoxy) is 3. The lowest BCUT2D eigenvalue weighted by Crippen LogP contribution is -2.15. The normalized spacial score (nSPS) is 10.1. The van der Waals surface area contributed by atoms with Crippen LogP contribution in [-0.4, -0.2) is 37.7 Å². The third kappa shape index (κ3) is 7.89. The van der Waals surface area contributed by atoms with Gasteiger partial charge in [-0.05, 0) is 40.5 Å². The number of esters is 3. The van der Waals surface area contributed by atoms with Gasteiger partial charge in [0.2, 0.25) is 17.3 Å². The Balaban J connectivity index is 5.40. The predicted molar refractivity (Wildman–Crippen MR) is 88.2 cm³/mol. The smallest absolute Gasteiger partial charge is 0.460 e.